The van der Waals surface area contributed by atoms with Crippen molar-refractivity contribution in [2.24, 2.45) is 11.8 Å². The van der Waals surface area contributed by atoms with Crippen LogP contribution >= 0.6 is 0 Å². The minimum atomic E-state index is -1.20. The topological polar surface area (TPSA) is 169 Å². The van der Waals surface area contributed by atoms with Crippen LogP contribution in [0.15, 0.2) is 41.1 Å². The van der Waals surface area contributed by atoms with Gasteiger partial charge in [0.2, 0.25) is 17.6 Å². The lowest BCUT2D eigenvalue weighted by atomic mass is 9.98. The van der Waals surface area contributed by atoms with Gasteiger partial charge in [-0.2, -0.15) is 0 Å². The Kier molecular flexibility index (Phi) is 10.2. The van der Waals surface area contributed by atoms with Crippen LogP contribution in [0.1, 0.15) is 44.7 Å². The number of hydrogen-bond acceptors (Lipinski definition) is 8. The summed E-state index contributed by atoms with van der Waals surface area (Å²) in [5, 5.41) is 10.4. The summed E-state index contributed by atoms with van der Waals surface area (Å²) in [7, 11) is 0. The number of fused-ring (bicyclic) bond motifs is 1. The molecule has 12 heteroatoms. The van der Waals surface area contributed by atoms with Crippen LogP contribution in [-0.2, 0) is 43.4 Å². The number of nitrogens with zero attached hydrogens (tertiary/aromatic N) is 1. The van der Waals surface area contributed by atoms with Crippen molar-refractivity contribution in [3.05, 3.63) is 53.7 Å². The first-order valence-corrected chi connectivity index (χ1v) is 12.9. The van der Waals surface area contributed by atoms with Crippen LogP contribution in [0.4, 0.5) is 4.79 Å². The molecule has 12 nitrogen and oxygen atoms in total. The van der Waals surface area contributed by atoms with Crippen molar-refractivity contribution in [1.82, 2.24) is 26.3 Å². The summed E-state index contributed by atoms with van der Waals surface area (Å²) in [5.74, 6) is -3.08. The third-order valence-corrected chi connectivity index (χ3v) is 6.30. The third-order valence-electron chi connectivity index (χ3n) is 6.30. The molecule has 0 spiro atoms. The molecule has 3 atom stereocenters. The minimum absolute atomic E-state index is 0.0341. The fourth-order valence-electron chi connectivity index (χ4n) is 4.07. The monoisotopic (exact) mass is 541 g/mol. The summed E-state index contributed by atoms with van der Waals surface area (Å²) in [4.78, 5) is 68.1. The van der Waals surface area contributed by atoms with Crippen LogP contribution in [0.25, 0.3) is 0 Å². The van der Waals surface area contributed by atoms with Crippen LogP contribution in [0.2, 0.25) is 0 Å². The molecule has 2 heterocycles. The number of carbonyl (C=O) groups excluding carboxylic acids is 5. The maximum Gasteiger partial charge on any atom is 0.408 e. The van der Waals surface area contributed by atoms with E-state index >= 15 is 0 Å². The van der Waals surface area contributed by atoms with E-state index in [4.69, 9.17) is 9.15 Å². The number of ether oxygens (including phenoxy) is 1. The highest BCUT2D eigenvalue weighted by Gasteiger charge is 2.35. The number of oxazole rings is 1. The standard InChI is InChI=1S/C27H35N5O7/c1-15(2)21(24(34)30-19-12-18-20(39-14-29-18)10-11-28-26(36)23(19)33)31-25(35)22(16(3)4)32-27(37)38-13-17-8-6-5-7-9-17/h5-9,14-16,19,21-22H,10-13H2,1-4H3,(H,28,36)(H,30,34)(H,31,35)(H,32,37). The smallest absolute Gasteiger partial charge is 0.408 e. The lowest BCUT2D eigenvalue weighted by Crippen LogP contribution is -2.59. The number of Topliss-reactive ketones (excluding diaryl/α,β-unsaturated/α-hetero) is 1. The number of ketones is 1. The Labute approximate surface area is 226 Å². The van der Waals surface area contributed by atoms with Gasteiger partial charge in [-0.1, -0.05) is 58.0 Å². The second-order valence-electron chi connectivity index (χ2n) is 10.0. The Hall–Kier alpha value is -4.22. The van der Waals surface area contributed by atoms with Gasteiger partial charge in [-0.25, -0.2) is 9.78 Å². The molecule has 2 aromatic rings. The average Bonchev–Trinajstić information content (AvgIpc) is 3.35. The van der Waals surface area contributed by atoms with E-state index in [1.165, 1.54) is 6.39 Å². The number of benzene rings is 1. The summed E-state index contributed by atoms with van der Waals surface area (Å²) in [6, 6.07) is 5.85. The Morgan fingerprint density at radius 1 is 1.03 bits per heavy atom. The molecule has 210 valence electrons. The van der Waals surface area contributed by atoms with Crippen LogP contribution in [0, 0.1) is 11.8 Å². The summed E-state index contributed by atoms with van der Waals surface area (Å²) in [6.45, 7) is 7.17. The second kappa shape index (κ2) is 13.5. The SMILES string of the molecule is CC(C)C(NC(=O)OCc1ccccc1)C(=O)NC(C(=O)NC1Cc2ncoc2CCNC(=O)C1=O)C(C)C. The van der Waals surface area contributed by atoms with Crippen molar-refractivity contribution in [2.75, 3.05) is 6.54 Å². The molecule has 0 saturated carbocycles. The first-order valence-electron chi connectivity index (χ1n) is 12.9. The van der Waals surface area contributed by atoms with Crippen molar-refractivity contribution in [3.8, 4) is 0 Å². The number of carbonyl (C=O) groups is 5. The van der Waals surface area contributed by atoms with Gasteiger partial charge in [-0.05, 0) is 17.4 Å². The molecule has 0 bridgehead atoms. The number of nitrogens with one attached hydrogen (secondary N) is 4. The molecule has 0 fully saturated rings. The van der Waals surface area contributed by atoms with Crippen molar-refractivity contribution in [2.45, 2.75) is 65.3 Å². The van der Waals surface area contributed by atoms with E-state index in [9.17, 15) is 24.0 Å². The summed E-state index contributed by atoms with van der Waals surface area (Å²) in [5.41, 5.74) is 1.26. The molecule has 4 amide bonds. The van der Waals surface area contributed by atoms with E-state index in [0.717, 1.165) is 5.56 Å². The molecular formula is C27H35N5O7. The van der Waals surface area contributed by atoms with Crippen LogP contribution in [0.3, 0.4) is 0 Å². The van der Waals surface area contributed by atoms with Gasteiger partial charge in [0.25, 0.3) is 5.91 Å². The molecular weight excluding hydrogens is 506 g/mol. The Bertz CT molecular complexity index is 1180. The largest absolute Gasteiger partial charge is 0.448 e. The maximum atomic E-state index is 13.3. The third kappa shape index (κ3) is 8.13. The van der Waals surface area contributed by atoms with E-state index in [0.29, 0.717) is 17.9 Å². The summed E-state index contributed by atoms with van der Waals surface area (Å²) < 4.78 is 10.6. The van der Waals surface area contributed by atoms with Gasteiger partial charge in [0.05, 0.1) is 5.69 Å². The average molecular weight is 542 g/mol. The molecule has 1 aliphatic rings. The number of alkyl carbamates (subject to hydrolysis) is 1. The molecule has 39 heavy (non-hydrogen) atoms. The number of aromatic nitrogens is 1. The fraction of sp³-hybridized carbons (Fsp3) is 0.481. The van der Waals surface area contributed by atoms with Crippen LogP contribution in [0.5, 0.6) is 0 Å². The predicted octanol–water partition coefficient (Wildman–Crippen LogP) is 1.04. The van der Waals surface area contributed by atoms with E-state index in [2.05, 4.69) is 26.3 Å². The summed E-state index contributed by atoms with van der Waals surface area (Å²) >= 11 is 0. The number of rotatable bonds is 9. The zero-order chi connectivity index (χ0) is 28.5. The fourth-order valence-corrected chi connectivity index (χ4v) is 4.07. The van der Waals surface area contributed by atoms with E-state index < -0.39 is 47.7 Å². The second-order valence-corrected chi connectivity index (χ2v) is 10.0. The van der Waals surface area contributed by atoms with Crippen molar-refractivity contribution in [3.63, 3.8) is 0 Å². The molecule has 0 aliphatic carbocycles. The van der Waals surface area contributed by atoms with Gasteiger partial charge in [0.15, 0.2) is 6.39 Å². The number of amides is 4. The maximum absolute atomic E-state index is 13.3. The quantitative estimate of drug-likeness (QED) is 0.341. The van der Waals surface area contributed by atoms with Gasteiger partial charge in [0, 0.05) is 19.4 Å². The van der Waals surface area contributed by atoms with Crippen LogP contribution < -0.4 is 21.3 Å². The van der Waals surface area contributed by atoms with Gasteiger partial charge < -0.3 is 30.4 Å². The van der Waals surface area contributed by atoms with E-state index in [1.54, 1.807) is 39.8 Å². The Morgan fingerprint density at radius 3 is 2.36 bits per heavy atom. The Balaban J connectivity index is 1.67. The van der Waals surface area contributed by atoms with Gasteiger partial charge >= 0.3 is 6.09 Å². The zero-order valence-corrected chi connectivity index (χ0v) is 22.5. The molecule has 3 unspecified atom stereocenters. The molecule has 0 radical (unpaired) electrons. The van der Waals surface area contributed by atoms with Crippen molar-refractivity contribution < 1.29 is 33.1 Å². The molecule has 1 aromatic heterocycles. The highest BCUT2D eigenvalue weighted by Crippen LogP contribution is 2.14. The normalized spacial score (nSPS) is 17.1. The molecule has 1 aliphatic heterocycles. The molecule has 0 saturated heterocycles. The highest BCUT2D eigenvalue weighted by molar-refractivity contribution is 6.38. The molecule has 1 aromatic carbocycles. The first-order chi connectivity index (χ1) is 18.6. The first kappa shape index (κ1) is 29.3. The van der Waals surface area contributed by atoms with Gasteiger partial charge in [0.1, 0.15) is 30.5 Å². The lowest BCUT2D eigenvalue weighted by molar-refractivity contribution is -0.140. The summed E-state index contributed by atoms with van der Waals surface area (Å²) in [6.07, 6.45) is 0.797. The Morgan fingerprint density at radius 2 is 1.69 bits per heavy atom. The van der Waals surface area contributed by atoms with Gasteiger partial charge in [-0.15, -0.1) is 0 Å². The predicted molar refractivity (Wildman–Crippen MR) is 139 cm³/mol. The highest BCUT2D eigenvalue weighted by atomic mass is 16.5. The van der Waals surface area contributed by atoms with Crippen LogP contribution in [-0.4, -0.2) is 59.3 Å². The lowest BCUT2D eigenvalue weighted by Gasteiger charge is -2.28. The zero-order valence-electron chi connectivity index (χ0n) is 22.5. The van der Waals surface area contributed by atoms with Crippen molar-refractivity contribution in [1.29, 1.82) is 0 Å². The van der Waals surface area contributed by atoms with E-state index in [1.807, 2.05) is 18.2 Å². The molecule has 4 N–H and O–H groups in total. The minimum Gasteiger partial charge on any atom is -0.448 e. The molecule has 3 rings (SSSR count). The van der Waals surface area contributed by atoms with E-state index in [-0.39, 0.29) is 31.4 Å². The number of hydrogen-bond donors (Lipinski definition) is 4. The van der Waals surface area contributed by atoms with Gasteiger partial charge in [-0.3, -0.25) is 19.2 Å². The van der Waals surface area contributed by atoms with Crippen molar-refractivity contribution >= 4 is 29.6 Å².